The summed E-state index contributed by atoms with van der Waals surface area (Å²) in [7, 11) is -3.55. The SMILES string of the molecule is CCOCCP(=O)(O)ON. The van der Waals surface area contributed by atoms with E-state index in [1.54, 1.807) is 6.92 Å². The smallest absolute Gasteiger partial charge is 0.346 e. The predicted molar refractivity (Wildman–Crippen MR) is 36.5 cm³/mol. The Morgan fingerprint density at radius 2 is 2.30 bits per heavy atom. The molecule has 0 aliphatic rings. The summed E-state index contributed by atoms with van der Waals surface area (Å²) in [5.74, 6) is 4.52. The molecule has 0 heterocycles. The second kappa shape index (κ2) is 4.82. The van der Waals surface area contributed by atoms with Crippen LogP contribution in [0, 0.1) is 0 Å². The van der Waals surface area contributed by atoms with E-state index in [1.807, 2.05) is 0 Å². The number of nitrogens with two attached hydrogens (primary N) is 1. The summed E-state index contributed by atoms with van der Waals surface area (Å²) in [5.41, 5.74) is 0. The van der Waals surface area contributed by atoms with Gasteiger partial charge in [0, 0.05) is 6.61 Å². The van der Waals surface area contributed by atoms with Crippen LogP contribution >= 0.6 is 7.60 Å². The molecule has 0 fully saturated rings. The van der Waals surface area contributed by atoms with Gasteiger partial charge in [0.25, 0.3) is 0 Å². The maximum absolute atomic E-state index is 10.6. The molecule has 0 aliphatic carbocycles. The Bertz CT molecular complexity index is 128. The summed E-state index contributed by atoms with van der Waals surface area (Å²) >= 11 is 0. The van der Waals surface area contributed by atoms with E-state index in [0.717, 1.165) is 0 Å². The van der Waals surface area contributed by atoms with Gasteiger partial charge in [0.05, 0.1) is 12.8 Å². The lowest BCUT2D eigenvalue weighted by Crippen LogP contribution is -2.05. The van der Waals surface area contributed by atoms with Crippen LogP contribution in [0.3, 0.4) is 0 Å². The molecule has 0 rings (SSSR count). The van der Waals surface area contributed by atoms with Crippen molar-refractivity contribution in [3.8, 4) is 0 Å². The van der Waals surface area contributed by atoms with Gasteiger partial charge in [0.1, 0.15) is 0 Å². The molecular formula is C4H12NO4P. The number of ether oxygens (including phenoxy) is 1. The minimum atomic E-state index is -3.55. The first-order chi connectivity index (χ1) is 4.62. The van der Waals surface area contributed by atoms with Gasteiger partial charge in [-0.2, -0.15) is 0 Å². The highest BCUT2D eigenvalue weighted by Gasteiger charge is 2.16. The van der Waals surface area contributed by atoms with E-state index in [2.05, 4.69) is 10.5 Å². The molecule has 10 heavy (non-hydrogen) atoms. The molecule has 0 bridgehead atoms. The Hall–Kier alpha value is 0.0700. The molecule has 6 heteroatoms. The van der Waals surface area contributed by atoms with E-state index in [0.29, 0.717) is 6.61 Å². The lowest BCUT2D eigenvalue weighted by molar-refractivity contribution is 0.156. The average Bonchev–Trinajstić information content (AvgIpc) is 1.89. The normalized spacial score (nSPS) is 16.7. The van der Waals surface area contributed by atoms with Crippen LogP contribution in [0.5, 0.6) is 0 Å². The predicted octanol–water partition coefficient (Wildman–Crippen LogP) is 0.0986. The van der Waals surface area contributed by atoms with Crippen LogP contribution < -0.4 is 5.90 Å². The quantitative estimate of drug-likeness (QED) is 0.346. The van der Waals surface area contributed by atoms with Crippen molar-refractivity contribution in [2.75, 3.05) is 19.4 Å². The summed E-state index contributed by atoms with van der Waals surface area (Å²) in [6.45, 7) is 2.51. The highest BCUT2D eigenvalue weighted by atomic mass is 31.2. The number of rotatable bonds is 5. The largest absolute Gasteiger partial charge is 0.381 e. The van der Waals surface area contributed by atoms with Crippen molar-refractivity contribution in [1.29, 1.82) is 0 Å². The molecule has 5 nitrogen and oxygen atoms in total. The van der Waals surface area contributed by atoms with E-state index in [-0.39, 0.29) is 12.8 Å². The highest BCUT2D eigenvalue weighted by molar-refractivity contribution is 7.52. The van der Waals surface area contributed by atoms with E-state index >= 15 is 0 Å². The first-order valence-electron chi connectivity index (χ1n) is 2.90. The molecule has 0 aliphatic heterocycles. The van der Waals surface area contributed by atoms with E-state index < -0.39 is 7.60 Å². The maximum Gasteiger partial charge on any atom is 0.346 e. The van der Waals surface area contributed by atoms with Gasteiger partial charge in [-0.25, -0.2) is 10.5 Å². The van der Waals surface area contributed by atoms with Gasteiger partial charge < -0.3 is 9.63 Å². The Morgan fingerprint density at radius 3 is 2.70 bits per heavy atom. The fraction of sp³-hybridized carbons (Fsp3) is 1.00. The lowest BCUT2D eigenvalue weighted by Gasteiger charge is -2.06. The van der Waals surface area contributed by atoms with Gasteiger partial charge in [-0.05, 0) is 6.92 Å². The van der Waals surface area contributed by atoms with Crippen LogP contribution in [0.2, 0.25) is 0 Å². The van der Waals surface area contributed by atoms with E-state index in [1.165, 1.54) is 0 Å². The third-order valence-corrected chi connectivity index (χ3v) is 1.96. The zero-order chi connectivity index (χ0) is 8.04. The summed E-state index contributed by atoms with van der Waals surface area (Å²) in [6.07, 6.45) is -0.0582. The summed E-state index contributed by atoms with van der Waals surface area (Å²) in [5, 5.41) is 0. The third kappa shape index (κ3) is 4.90. The molecule has 3 N–H and O–H groups in total. The van der Waals surface area contributed by atoms with Crippen molar-refractivity contribution < 1.29 is 18.8 Å². The summed E-state index contributed by atoms with van der Waals surface area (Å²) in [4.78, 5) is 8.68. The standard InChI is InChI=1S/C4H12NO4P/c1-2-8-3-4-10(6,7)9-5/h2-5H2,1H3,(H,6,7). The lowest BCUT2D eigenvalue weighted by atomic mass is 10.8. The number of hydrogen-bond acceptors (Lipinski definition) is 4. The highest BCUT2D eigenvalue weighted by Crippen LogP contribution is 2.38. The molecule has 1 atom stereocenters. The molecule has 1 unspecified atom stereocenters. The fourth-order valence-electron chi connectivity index (χ4n) is 0.377. The van der Waals surface area contributed by atoms with Crippen LogP contribution in [0.4, 0.5) is 0 Å². The second-order valence-electron chi connectivity index (χ2n) is 1.66. The van der Waals surface area contributed by atoms with Crippen LogP contribution in [0.1, 0.15) is 6.92 Å². The Morgan fingerprint density at radius 1 is 1.70 bits per heavy atom. The average molecular weight is 169 g/mol. The van der Waals surface area contributed by atoms with Crippen molar-refractivity contribution in [2.45, 2.75) is 6.92 Å². The number of hydrogen-bond donors (Lipinski definition) is 2. The van der Waals surface area contributed by atoms with Crippen molar-refractivity contribution in [3.05, 3.63) is 0 Å². The third-order valence-electron chi connectivity index (χ3n) is 0.887. The Labute approximate surface area is 59.6 Å². The van der Waals surface area contributed by atoms with Gasteiger partial charge in [-0.3, -0.25) is 4.57 Å². The van der Waals surface area contributed by atoms with Crippen LogP contribution in [-0.2, 0) is 13.9 Å². The first-order valence-corrected chi connectivity index (χ1v) is 4.66. The van der Waals surface area contributed by atoms with Gasteiger partial charge in [0.15, 0.2) is 0 Å². The van der Waals surface area contributed by atoms with Crippen molar-refractivity contribution in [2.24, 2.45) is 5.90 Å². The Kier molecular flexibility index (Phi) is 4.85. The molecule has 0 radical (unpaired) electrons. The van der Waals surface area contributed by atoms with E-state index in [9.17, 15) is 4.57 Å². The van der Waals surface area contributed by atoms with Crippen molar-refractivity contribution in [1.82, 2.24) is 0 Å². The Balaban J connectivity index is 3.38. The molecule has 62 valence electrons. The van der Waals surface area contributed by atoms with Gasteiger partial charge in [-0.15, -0.1) is 0 Å². The van der Waals surface area contributed by atoms with Crippen LogP contribution in [0.25, 0.3) is 0 Å². The van der Waals surface area contributed by atoms with Crippen molar-refractivity contribution in [3.63, 3.8) is 0 Å². The second-order valence-corrected chi connectivity index (χ2v) is 3.60. The van der Waals surface area contributed by atoms with Crippen LogP contribution in [-0.4, -0.2) is 24.3 Å². The zero-order valence-corrected chi connectivity index (χ0v) is 6.71. The minimum Gasteiger partial charge on any atom is -0.381 e. The molecule has 0 amide bonds. The molecule has 0 aromatic rings. The van der Waals surface area contributed by atoms with Crippen LogP contribution in [0.15, 0.2) is 0 Å². The fourth-order valence-corrected chi connectivity index (χ4v) is 0.842. The topological polar surface area (TPSA) is 81.8 Å². The zero-order valence-electron chi connectivity index (χ0n) is 5.82. The van der Waals surface area contributed by atoms with Gasteiger partial charge >= 0.3 is 7.60 Å². The van der Waals surface area contributed by atoms with Gasteiger partial charge in [0.2, 0.25) is 0 Å². The maximum atomic E-state index is 10.6. The first kappa shape index (κ1) is 10.1. The minimum absolute atomic E-state index is 0.0582. The molecule has 0 aromatic heterocycles. The molecule has 0 spiro atoms. The summed E-state index contributed by atoms with van der Waals surface area (Å²) in [6, 6.07) is 0. The molecule has 0 aromatic carbocycles. The molecular weight excluding hydrogens is 157 g/mol. The van der Waals surface area contributed by atoms with Crippen molar-refractivity contribution >= 4 is 7.60 Å². The molecule has 0 saturated heterocycles. The van der Waals surface area contributed by atoms with E-state index in [4.69, 9.17) is 9.63 Å². The summed E-state index contributed by atoms with van der Waals surface area (Å²) < 4.78 is 19.2. The monoisotopic (exact) mass is 169 g/mol. The molecule has 0 saturated carbocycles. The van der Waals surface area contributed by atoms with Gasteiger partial charge in [-0.1, -0.05) is 0 Å².